The van der Waals surface area contributed by atoms with E-state index in [4.69, 9.17) is 16.3 Å². The van der Waals surface area contributed by atoms with Crippen LogP contribution in [0.15, 0.2) is 82.6 Å². The molecule has 0 atom stereocenters. The van der Waals surface area contributed by atoms with Crippen LogP contribution in [0.2, 0.25) is 5.02 Å². The second-order valence-corrected chi connectivity index (χ2v) is 8.55. The maximum Gasteiger partial charge on any atom is 0.262 e. The second kappa shape index (κ2) is 9.89. The second-order valence-electron chi connectivity index (χ2n) is 7.10. The first-order valence-electron chi connectivity index (χ1n) is 9.87. The maximum absolute atomic E-state index is 12.4. The topological polar surface area (TPSA) is 72.7 Å². The maximum atomic E-state index is 12.4. The van der Waals surface area contributed by atoms with Gasteiger partial charge >= 0.3 is 0 Å². The van der Waals surface area contributed by atoms with E-state index in [1.807, 2.05) is 55.5 Å². The van der Waals surface area contributed by atoms with Crippen LogP contribution in [0.5, 0.6) is 5.75 Å². The average molecular weight is 466 g/mol. The van der Waals surface area contributed by atoms with Gasteiger partial charge in [-0.1, -0.05) is 41.4 Å². The summed E-state index contributed by atoms with van der Waals surface area (Å²) in [4.78, 5) is 30.2. The van der Waals surface area contributed by atoms with Crippen molar-refractivity contribution in [3.05, 3.63) is 99.6 Å². The molecule has 2 aromatic carbocycles. The van der Waals surface area contributed by atoms with Crippen LogP contribution in [0.3, 0.4) is 0 Å². The average Bonchev–Trinajstić information content (AvgIpc) is 2.79. The first-order chi connectivity index (χ1) is 15.5. The third-order valence-corrected chi connectivity index (χ3v) is 5.93. The van der Waals surface area contributed by atoms with Crippen LogP contribution >= 0.6 is 23.4 Å². The SMILES string of the molecule is Cc1ccc(OCC(=O)Nc2ccccc2SCc2cc(=O)n3cc(Cl)ccc3n2)cc1. The molecule has 0 bridgehead atoms. The van der Waals surface area contributed by atoms with Gasteiger partial charge in [0.05, 0.1) is 16.4 Å². The Kier molecular flexibility index (Phi) is 6.78. The summed E-state index contributed by atoms with van der Waals surface area (Å²) in [7, 11) is 0. The number of nitrogens with one attached hydrogen (secondary N) is 1. The monoisotopic (exact) mass is 465 g/mol. The lowest BCUT2D eigenvalue weighted by Crippen LogP contribution is -2.20. The Morgan fingerprint density at radius 2 is 1.91 bits per heavy atom. The summed E-state index contributed by atoms with van der Waals surface area (Å²) in [6.45, 7) is 1.90. The molecule has 0 saturated heterocycles. The fraction of sp³-hybridized carbons (Fsp3) is 0.125. The lowest BCUT2D eigenvalue weighted by atomic mass is 10.2. The number of hydrogen-bond donors (Lipinski definition) is 1. The number of carbonyl (C=O) groups is 1. The summed E-state index contributed by atoms with van der Waals surface area (Å²) >= 11 is 7.45. The molecule has 4 rings (SSSR count). The quantitative estimate of drug-likeness (QED) is 0.390. The fourth-order valence-corrected chi connectivity index (χ4v) is 4.08. The van der Waals surface area contributed by atoms with E-state index in [0.29, 0.717) is 33.6 Å². The summed E-state index contributed by atoms with van der Waals surface area (Å²) in [6.07, 6.45) is 1.55. The summed E-state index contributed by atoms with van der Waals surface area (Å²) < 4.78 is 6.97. The first kappa shape index (κ1) is 21.9. The zero-order chi connectivity index (χ0) is 22.5. The minimum atomic E-state index is -0.252. The number of thioether (sulfide) groups is 1. The van der Waals surface area contributed by atoms with Crippen molar-refractivity contribution in [2.24, 2.45) is 0 Å². The number of fused-ring (bicyclic) bond motifs is 1. The molecule has 0 radical (unpaired) electrons. The van der Waals surface area contributed by atoms with Gasteiger partial charge in [-0.2, -0.15) is 0 Å². The third-order valence-electron chi connectivity index (χ3n) is 4.60. The van der Waals surface area contributed by atoms with Crippen LogP contribution in [-0.2, 0) is 10.5 Å². The zero-order valence-electron chi connectivity index (χ0n) is 17.2. The summed E-state index contributed by atoms with van der Waals surface area (Å²) in [5, 5.41) is 3.36. The van der Waals surface area contributed by atoms with Crippen molar-refractivity contribution in [1.29, 1.82) is 0 Å². The number of pyridine rings is 1. The number of rotatable bonds is 7. The number of benzene rings is 2. The van der Waals surface area contributed by atoms with Crippen molar-refractivity contribution >= 4 is 40.6 Å². The molecular formula is C24H20ClN3O3S. The number of carbonyl (C=O) groups excluding carboxylic acids is 1. The normalized spacial score (nSPS) is 10.8. The number of aryl methyl sites for hydroxylation is 1. The molecule has 0 spiro atoms. The van der Waals surface area contributed by atoms with Crippen molar-refractivity contribution in [3.63, 3.8) is 0 Å². The minimum Gasteiger partial charge on any atom is -0.484 e. The molecule has 0 aliphatic rings. The Bertz CT molecular complexity index is 1320. The highest BCUT2D eigenvalue weighted by molar-refractivity contribution is 7.98. The molecule has 2 aromatic heterocycles. The van der Waals surface area contributed by atoms with E-state index in [0.717, 1.165) is 10.5 Å². The van der Waals surface area contributed by atoms with E-state index in [1.54, 1.807) is 18.3 Å². The van der Waals surface area contributed by atoms with E-state index < -0.39 is 0 Å². The largest absolute Gasteiger partial charge is 0.484 e. The number of anilines is 1. The number of ether oxygens (including phenoxy) is 1. The number of para-hydroxylation sites is 1. The van der Waals surface area contributed by atoms with Crippen LogP contribution in [0.25, 0.3) is 5.65 Å². The van der Waals surface area contributed by atoms with Gasteiger partial charge in [-0.3, -0.25) is 14.0 Å². The molecule has 6 nitrogen and oxygen atoms in total. The van der Waals surface area contributed by atoms with Crippen molar-refractivity contribution in [2.45, 2.75) is 17.6 Å². The molecule has 0 fully saturated rings. The van der Waals surface area contributed by atoms with Gasteiger partial charge < -0.3 is 10.1 Å². The molecule has 8 heteroatoms. The number of aromatic nitrogens is 2. The number of hydrogen-bond acceptors (Lipinski definition) is 5. The van der Waals surface area contributed by atoms with Crippen LogP contribution in [0, 0.1) is 6.92 Å². The summed E-state index contributed by atoms with van der Waals surface area (Å²) in [6, 6.07) is 19.9. The van der Waals surface area contributed by atoms with E-state index >= 15 is 0 Å². The van der Waals surface area contributed by atoms with Crippen molar-refractivity contribution < 1.29 is 9.53 Å². The van der Waals surface area contributed by atoms with E-state index in [-0.39, 0.29) is 18.1 Å². The molecule has 0 aliphatic heterocycles. The molecule has 2 heterocycles. The standard InChI is InChI=1S/C24H20ClN3O3S/c1-16-6-9-19(10-7-16)31-14-23(29)27-20-4-2-3-5-21(20)32-15-18-12-24(30)28-13-17(25)8-11-22(28)26-18/h2-13H,14-15H2,1H3,(H,27,29). The number of amides is 1. The van der Waals surface area contributed by atoms with E-state index in [1.165, 1.54) is 22.2 Å². The van der Waals surface area contributed by atoms with Crippen LogP contribution in [-0.4, -0.2) is 21.9 Å². The highest BCUT2D eigenvalue weighted by atomic mass is 35.5. The molecule has 0 unspecified atom stereocenters. The van der Waals surface area contributed by atoms with Gasteiger partial charge in [0, 0.05) is 22.9 Å². The first-order valence-corrected chi connectivity index (χ1v) is 11.2. The Hall–Kier alpha value is -3.29. The molecule has 0 aliphatic carbocycles. The zero-order valence-corrected chi connectivity index (χ0v) is 18.8. The number of halogens is 1. The summed E-state index contributed by atoms with van der Waals surface area (Å²) in [5.41, 5.74) is 2.79. The molecule has 1 amide bonds. The Labute approximate surface area is 194 Å². The van der Waals surface area contributed by atoms with Crippen molar-refractivity contribution in [2.75, 3.05) is 11.9 Å². The lowest BCUT2D eigenvalue weighted by Gasteiger charge is -2.12. The van der Waals surface area contributed by atoms with E-state index in [9.17, 15) is 9.59 Å². The summed E-state index contributed by atoms with van der Waals surface area (Å²) in [5.74, 6) is 0.863. The predicted molar refractivity (Wildman–Crippen MR) is 128 cm³/mol. The molecule has 32 heavy (non-hydrogen) atoms. The van der Waals surface area contributed by atoms with Crippen molar-refractivity contribution in [3.8, 4) is 5.75 Å². The van der Waals surface area contributed by atoms with Gasteiger partial charge in [-0.15, -0.1) is 11.8 Å². The highest BCUT2D eigenvalue weighted by Gasteiger charge is 2.10. The molecule has 4 aromatic rings. The van der Waals surface area contributed by atoms with Gasteiger partial charge in [-0.25, -0.2) is 4.98 Å². The molecule has 1 N–H and O–H groups in total. The Balaban J connectivity index is 1.41. The number of nitrogens with zero attached hydrogens (tertiary/aromatic N) is 2. The van der Waals surface area contributed by atoms with Gasteiger partial charge in [0.15, 0.2) is 6.61 Å². The van der Waals surface area contributed by atoms with Gasteiger partial charge in [0.1, 0.15) is 11.4 Å². The van der Waals surface area contributed by atoms with Gasteiger partial charge in [0.25, 0.3) is 11.5 Å². The Morgan fingerprint density at radius 3 is 2.72 bits per heavy atom. The third kappa shape index (κ3) is 5.49. The van der Waals surface area contributed by atoms with E-state index in [2.05, 4.69) is 10.3 Å². The molecular weight excluding hydrogens is 446 g/mol. The van der Waals surface area contributed by atoms with Gasteiger partial charge in [-0.05, 0) is 43.3 Å². The van der Waals surface area contributed by atoms with Crippen LogP contribution < -0.4 is 15.6 Å². The smallest absolute Gasteiger partial charge is 0.262 e. The van der Waals surface area contributed by atoms with Crippen molar-refractivity contribution in [1.82, 2.24) is 9.38 Å². The lowest BCUT2D eigenvalue weighted by molar-refractivity contribution is -0.118. The highest BCUT2D eigenvalue weighted by Crippen LogP contribution is 2.29. The molecule has 162 valence electrons. The van der Waals surface area contributed by atoms with Gasteiger partial charge in [0.2, 0.25) is 0 Å². The fourth-order valence-electron chi connectivity index (χ4n) is 3.02. The Morgan fingerprint density at radius 1 is 1.12 bits per heavy atom. The predicted octanol–water partition coefficient (Wildman–Crippen LogP) is 4.97. The van der Waals surface area contributed by atoms with Crippen LogP contribution in [0.1, 0.15) is 11.3 Å². The molecule has 0 saturated carbocycles. The minimum absolute atomic E-state index is 0.0897. The van der Waals surface area contributed by atoms with Crippen LogP contribution in [0.4, 0.5) is 5.69 Å².